The van der Waals surface area contributed by atoms with E-state index < -0.39 is 5.97 Å². The zero-order valence-electron chi connectivity index (χ0n) is 12.4. The van der Waals surface area contributed by atoms with E-state index in [1.807, 2.05) is 6.92 Å². The van der Waals surface area contributed by atoms with Gasteiger partial charge in [0.15, 0.2) is 0 Å². The molecule has 2 atom stereocenters. The Balaban J connectivity index is 2.39. The SMILES string of the molecule is CCCc1nc(C2(OC)CCCC(C)C2)sc1C(=O)O. The molecule has 0 spiro atoms. The van der Waals surface area contributed by atoms with Crippen LogP contribution in [0.15, 0.2) is 0 Å². The van der Waals surface area contributed by atoms with Gasteiger partial charge in [-0.05, 0) is 31.6 Å². The van der Waals surface area contributed by atoms with Gasteiger partial charge in [-0.15, -0.1) is 11.3 Å². The van der Waals surface area contributed by atoms with Crippen molar-refractivity contribution in [3.63, 3.8) is 0 Å². The monoisotopic (exact) mass is 297 g/mol. The normalized spacial score (nSPS) is 26.6. The van der Waals surface area contributed by atoms with Gasteiger partial charge in [0, 0.05) is 7.11 Å². The van der Waals surface area contributed by atoms with Crippen molar-refractivity contribution in [1.29, 1.82) is 0 Å². The van der Waals surface area contributed by atoms with E-state index in [1.54, 1.807) is 7.11 Å². The molecule has 5 heteroatoms. The quantitative estimate of drug-likeness (QED) is 0.897. The summed E-state index contributed by atoms with van der Waals surface area (Å²) in [6.07, 6.45) is 5.81. The van der Waals surface area contributed by atoms with Gasteiger partial charge in [0.2, 0.25) is 0 Å². The fourth-order valence-corrected chi connectivity index (χ4v) is 4.25. The second-order valence-electron chi connectivity index (χ2n) is 5.75. The van der Waals surface area contributed by atoms with Gasteiger partial charge < -0.3 is 9.84 Å². The molecular formula is C15H23NO3S. The van der Waals surface area contributed by atoms with Gasteiger partial charge >= 0.3 is 5.97 Å². The smallest absolute Gasteiger partial charge is 0.347 e. The van der Waals surface area contributed by atoms with Crippen molar-refractivity contribution >= 4 is 17.3 Å². The zero-order chi connectivity index (χ0) is 14.8. The molecule has 0 aliphatic heterocycles. The first-order valence-corrected chi connectivity index (χ1v) is 8.12. The number of hydrogen-bond acceptors (Lipinski definition) is 4. The number of thiazole rings is 1. The van der Waals surface area contributed by atoms with Crippen LogP contribution in [0.2, 0.25) is 0 Å². The second kappa shape index (κ2) is 6.22. The van der Waals surface area contributed by atoms with Crippen LogP contribution in [0.4, 0.5) is 0 Å². The van der Waals surface area contributed by atoms with E-state index in [-0.39, 0.29) is 5.60 Å². The lowest BCUT2D eigenvalue weighted by molar-refractivity contribution is -0.0581. The molecule has 2 rings (SSSR count). The minimum Gasteiger partial charge on any atom is -0.477 e. The number of aromatic nitrogens is 1. The van der Waals surface area contributed by atoms with E-state index >= 15 is 0 Å². The Morgan fingerprint density at radius 1 is 1.60 bits per heavy atom. The molecule has 0 radical (unpaired) electrons. The van der Waals surface area contributed by atoms with Crippen LogP contribution in [-0.4, -0.2) is 23.2 Å². The molecule has 1 saturated carbocycles. The summed E-state index contributed by atoms with van der Waals surface area (Å²) in [7, 11) is 1.72. The van der Waals surface area contributed by atoms with Crippen LogP contribution >= 0.6 is 11.3 Å². The topological polar surface area (TPSA) is 59.4 Å². The van der Waals surface area contributed by atoms with Gasteiger partial charge in [-0.2, -0.15) is 0 Å². The van der Waals surface area contributed by atoms with Crippen LogP contribution in [-0.2, 0) is 16.8 Å². The number of aryl methyl sites for hydroxylation is 1. The lowest BCUT2D eigenvalue weighted by Crippen LogP contribution is -2.34. The number of aromatic carboxylic acids is 1. The summed E-state index contributed by atoms with van der Waals surface area (Å²) < 4.78 is 5.82. The largest absolute Gasteiger partial charge is 0.477 e. The summed E-state index contributed by atoms with van der Waals surface area (Å²) in [6, 6.07) is 0. The van der Waals surface area contributed by atoms with Crippen LogP contribution < -0.4 is 0 Å². The van der Waals surface area contributed by atoms with E-state index in [2.05, 4.69) is 11.9 Å². The van der Waals surface area contributed by atoms with Gasteiger partial charge in [-0.25, -0.2) is 9.78 Å². The number of carboxylic acid groups (broad SMARTS) is 1. The van der Waals surface area contributed by atoms with Crippen molar-refractivity contribution < 1.29 is 14.6 Å². The summed E-state index contributed by atoms with van der Waals surface area (Å²) >= 11 is 1.30. The van der Waals surface area contributed by atoms with Crippen molar-refractivity contribution in [3.8, 4) is 0 Å². The Hall–Kier alpha value is -0.940. The highest BCUT2D eigenvalue weighted by molar-refractivity contribution is 7.13. The molecular weight excluding hydrogens is 274 g/mol. The highest BCUT2D eigenvalue weighted by atomic mass is 32.1. The Labute approximate surface area is 124 Å². The molecule has 1 heterocycles. The van der Waals surface area contributed by atoms with Crippen molar-refractivity contribution in [3.05, 3.63) is 15.6 Å². The molecule has 2 unspecified atom stereocenters. The molecule has 0 amide bonds. The maximum atomic E-state index is 11.4. The molecule has 1 aliphatic carbocycles. The molecule has 1 fully saturated rings. The number of carbonyl (C=O) groups is 1. The summed E-state index contributed by atoms with van der Waals surface area (Å²) in [5.41, 5.74) is 0.341. The molecule has 1 N–H and O–H groups in total. The first-order chi connectivity index (χ1) is 9.52. The number of nitrogens with zero attached hydrogens (tertiary/aromatic N) is 1. The number of hydrogen-bond donors (Lipinski definition) is 1. The third-order valence-electron chi connectivity index (χ3n) is 4.11. The van der Waals surface area contributed by atoms with Crippen LogP contribution in [0.5, 0.6) is 0 Å². The second-order valence-corrected chi connectivity index (χ2v) is 6.75. The Bertz CT molecular complexity index is 485. The van der Waals surface area contributed by atoms with E-state index in [0.29, 0.717) is 17.2 Å². The van der Waals surface area contributed by atoms with Gasteiger partial charge in [0.1, 0.15) is 15.5 Å². The van der Waals surface area contributed by atoms with Crippen LogP contribution in [0.25, 0.3) is 0 Å². The van der Waals surface area contributed by atoms with Crippen molar-refractivity contribution in [2.45, 2.75) is 58.0 Å². The fraction of sp³-hybridized carbons (Fsp3) is 0.733. The third-order valence-corrected chi connectivity index (χ3v) is 5.39. The van der Waals surface area contributed by atoms with Gasteiger partial charge in [-0.1, -0.05) is 26.7 Å². The van der Waals surface area contributed by atoms with Crippen LogP contribution in [0.1, 0.15) is 66.3 Å². The van der Waals surface area contributed by atoms with Gasteiger partial charge in [0.25, 0.3) is 0 Å². The third kappa shape index (κ3) is 2.88. The predicted octanol–water partition coefficient (Wildman–Crippen LogP) is 3.85. The van der Waals surface area contributed by atoms with Crippen LogP contribution in [0.3, 0.4) is 0 Å². The summed E-state index contributed by atoms with van der Waals surface area (Å²) in [5.74, 6) is -0.275. The summed E-state index contributed by atoms with van der Waals surface area (Å²) in [6.45, 7) is 4.27. The van der Waals surface area contributed by atoms with E-state index in [4.69, 9.17) is 4.74 Å². The molecule has 1 aliphatic rings. The Morgan fingerprint density at radius 3 is 2.90 bits per heavy atom. The fourth-order valence-electron chi connectivity index (χ4n) is 3.09. The maximum Gasteiger partial charge on any atom is 0.347 e. The Morgan fingerprint density at radius 2 is 2.35 bits per heavy atom. The van der Waals surface area contributed by atoms with Crippen LogP contribution in [0, 0.1) is 5.92 Å². The van der Waals surface area contributed by atoms with Crippen molar-refractivity contribution in [2.75, 3.05) is 7.11 Å². The number of ether oxygens (including phenoxy) is 1. The van der Waals surface area contributed by atoms with E-state index in [0.717, 1.165) is 36.4 Å². The molecule has 112 valence electrons. The average Bonchev–Trinajstić information content (AvgIpc) is 2.84. The number of carboxylic acids is 1. The highest BCUT2D eigenvalue weighted by Gasteiger charge is 2.40. The average molecular weight is 297 g/mol. The van der Waals surface area contributed by atoms with Crippen molar-refractivity contribution in [2.24, 2.45) is 5.92 Å². The molecule has 0 aromatic carbocycles. The van der Waals surface area contributed by atoms with E-state index in [9.17, 15) is 9.90 Å². The standard InChI is InChI=1S/C15H23NO3S/c1-4-6-11-12(13(17)18)20-14(16-11)15(19-3)8-5-7-10(2)9-15/h10H,4-9H2,1-3H3,(H,17,18). The summed E-state index contributed by atoms with van der Waals surface area (Å²) in [4.78, 5) is 16.4. The highest BCUT2D eigenvalue weighted by Crippen LogP contribution is 2.44. The molecule has 0 saturated heterocycles. The molecule has 0 bridgehead atoms. The molecule has 20 heavy (non-hydrogen) atoms. The van der Waals surface area contributed by atoms with Gasteiger partial charge in [0.05, 0.1) is 5.69 Å². The number of rotatable bonds is 5. The lowest BCUT2D eigenvalue weighted by atomic mass is 9.79. The minimum atomic E-state index is -0.868. The summed E-state index contributed by atoms with van der Waals surface area (Å²) in [5, 5.41) is 10.2. The first-order valence-electron chi connectivity index (χ1n) is 7.31. The molecule has 1 aromatic rings. The van der Waals surface area contributed by atoms with E-state index in [1.165, 1.54) is 17.8 Å². The molecule has 1 aromatic heterocycles. The Kier molecular flexibility index (Phi) is 4.81. The number of methoxy groups -OCH3 is 1. The maximum absolute atomic E-state index is 11.4. The molecule has 4 nitrogen and oxygen atoms in total. The van der Waals surface area contributed by atoms with Crippen molar-refractivity contribution in [1.82, 2.24) is 4.98 Å². The predicted molar refractivity (Wildman–Crippen MR) is 79.4 cm³/mol. The minimum absolute atomic E-state index is 0.376. The first kappa shape index (κ1) is 15.4. The lowest BCUT2D eigenvalue weighted by Gasteiger charge is -2.37. The zero-order valence-corrected chi connectivity index (χ0v) is 13.3. The van der Waals surface area contributed by atoms with Gasteiger partial charge in [-0.3, -0.25) is 0 Å².